The van der Waals surface area contributed by atoms with Gasteiger partial charge in [-0.25, -0.2) is 8.78 Å². The summed E-state index contributed by atoms with van der Waals surface area (Å²) in [5.74, 6) is -6.70. The average molecular weight is 471 g/mol. The van der Waals surface area contributed by atoms with Crippen LogP contribution in [0.2, 0.25) is 0 Å². The minimum atomic E-state index is -4.86. The van der Waals surface area contributed by atoms with E-state index in [0.717, 1.165) is 30.5 Å². The molecule has 174 valence electrons. The molecule has 0 spiro atoms. The molecular formula is C23H16F7NO2. The van der Waals surface area contributed by atoms with Crippen molar-refractivity contribution in [3.8, 4) is 29.2 Å². The predicted molar refractivity (Wildman–Crippen MR) is 105 cm³/mol. The minimum absolute atomic E-state index is 0.280. The number of allylic oxidation sites excluding steroid dienone is 3. The summed E-state index contributed by atoms with van der Waals surface area (Å²) >= 11 is 0. The van der Waals surface area contributed by atoms with Gasteiger partial charge in [0.25, 0.3) is 0 Å². The van der Waals surface area contributed by atoms with Crippen LogP contribution >= 0.6 is 0 Å². The van der Waals surface area contributed by atoms with Gasteiger partial charge in [0, 0.05) is 24.3 Å². The van der Waals surface area contributed by atoms with Gasteiger partial charge >= 0.3 is 12.3 Å². The zero-order valence-electron chi connectivity index (χ0n) is 16.7. The molecule has 0 aliphatic heterocycles. The molecule has 1 aliphatic rings. The first-order chi connectivity index (χ1) is 15.4. The lowest BCUT2D eigenvalue weighted by molar-refractivity contribution is -0.274. The Bertz CT molecular complexity index is 1100. The van der Waals surface area contributed by atoms with Gasteiger partial charge in [-0.15, -0.1) is 25.5 Å². The summed E-state index contributed by atoms with van der Waals surface area (Å²) in [5, 5.41) is 10.8. The van der Waals surface area contributed by atoms with Crippen LogP contribution in [-0.2, 0) is 5.92 Å². The molecule has 0 saturated carbocycles. The summed E-state index contributed by atoms with van der Waals surface area (Å²) in [6.07, 6.45) is 1.11. The number of pyridine rings is 1. The van der Waals surface area contributed by atoms with Gasteiger partial charge in [-0.3, -0.25) is 4.98 Å². The molecule has 33 heavy (non-hydrogen) atoms. The van der Waals surface area contributed by atoms with E-state index in [-0.39, 0.29) is 5.56 Å². The summed E-state index contributed by atoms with van der Waals surface area (Å²) < 4.78 is 98.8. The second kappa shape index (κ2) is 8.90. The highest BCUT2D eigenvalue weighted by atomic mass is 19.4. The quantitative estimate of drug-likeness (QED) is 0.402. The van der Waals surface area contributed by atoms with Crippen LogP contribution in [0.3, 0.4) is 0 Å². The topological polar surface area (TPSA) is 42.4 Å². The number of benzene rings is 1. The van der Waals surface area contributed by atoms with Crippen molar-refractivity contribution >= 4 is 0 Å². The van der Waals surface area contributed by atoms with Gasteiger partial charge in [-0.1, -0.05) is 18.2 Å². The Morgan fingerprint density at radius 2 is 1.67 bits per heavy atom. The molecular weight excluding hydrogens is 455 g/mol. The van der Waals surface area contributed by atoms with Crippen molar-refractivity contribution in [3.63, 3.8) is 0 Å². The third-order valence-electron chi connectivity index (χ3n) is 5.16. The van der Waals surface area contributed by atoms with E-state index >= 15 is 8.78 Å². The second-order valence-corrected chi connectivity index (χ2v) is 7.29. The average Bonchev–Trinajstić information content (AvgIpc) is 2.73. The molecule has 10 heteroatoms. The number of alkyl halides is 5. The number of rotatable bonds is 6. The molecule has 2 atom stereocenters. The van der Waals surface area contributed by atoms with Crippen LogP contribution in [0.4, 0.5) is 30.7 Å². The molecule has 1 N–H and O–H groups in total. The largest absolute Gasteiger partial charge is 0.573 e. The number of hydrogen-bond acceptors (Lipinski definition) is 3. The summed E-state index contributed by atoms with van der Waals surface area (Å²) in [4.78, 5) is 3.67. The fourth-order valence-electron chi connectivity index (χ4n) is 3.49. The molecule has 0 saturated heterocycles. The first-order valence-corrected chi connectivity index (χ1v) is 9.46. The Morgan fingerprint density at radius 1 is 1.03 bits per heavy atom. The fraction of sp³-hybridized carbons (Fsp3) is 0.261. The highest BCUT2D eigenvalue weighted by Crippen LogP contribution is 2.49. The fourth-order valence-corrected chi connectivity index (χ4v) is 3.49. The molecule has 1 heterocycles. The van der Waals surface area contributed by atoms with Crippen molar-refractivity contribution < 1.29 is 40.6 Å². The molecule has 0 bridgehead atoms. The third-order valence-corrected chi connectivity index (χ3v) is 5.16. The van der Waals surface area contributed by atoms with Crippen LogP contribution in [0, 0.1) is 18.3 Å². The lowest BCUT2D eigenvalue weighted by atomic mass is 9.74. The Kier molecular flexibility index (Phi) is 6.56. The smallest absolute Gasteiger partial charge is 0.406 e. The summed E-state index contributed by atoms with van der Waals surface area (Å²) in [6.45, 7) is 0. The summed E-state index contributed by atoms with van der Waals surface area (Å²) in [6, 6.07) is 6.72. The van der Waals surface area contributed by atoms with E-state index in [4.69, 9.17) is 6.42 Å². The van der Waals surface area contributed by atoms with Crippen molar-refractivity contribution in [1.82, 2.24) is 4.98 Å². The summed E-state index contributed by atoms with van der Waals surface area (Å²) in [5.41, 5.74) is -3.37. The van der Waals surface area contributed by atoms with Gasteiger partial charge in [0.1, 0.15) is 23.1 Å². The van der Waals surface area contributed by atoms with Crippen LogP contribution in [0.15, 0.2) is 66.4 Å². The normalized spacial score (nSPS) is 18.6. The van der Waals surface area contributed by atoms with E-state index in [0.29, 0.717) is 11.6 Å². The van der Waals surface area contributed by atoms with Gasteiger partial charge < -0.3 is 9.84 Å². The van der Waals surface area contributed by atoms with E-state index in [1.165, 1.54) is 18.2 Å². The van der Waals surface area contributed by atoms with Gasteiger partial charge in [0.15, 0.2) is 5.60 Å². The Hall–Kier alpha value is -3.32. The van der Waals surface area contributed by atoms with Crippen LogP contribution in [0.5, 0.6) is 5.75 Å². The molecule has 0 fully saturated rings. The number of aliphatic hydroxyl groups is 1. The minimum Gasteiger partial charge on any atom is -0.406 e. The third kappa shape index (κ3) is 5.03. The van der Waals surface area contributed by atoms with Crippen LogP contribution in [0.1, 0.15) is 18.5 Å². The number of hydrogen-bond donors (Lipinski definition) is 1. The van der Waals surface area contributed by atoms with Crippen molar-refractivity contribution in [2.24, 2.45) is 5.92 Å². The van der Waals surface area contributed by atoms with E-state index in [1.54, 1.807) is 0 Å². The van der Waals surface area contributed by atoms with Gasteiger partial charge in [-0.2, -0.15) is 8.78 Å². The first kappa shape index (κ1) is 24.3. The van der Waals surface area contributed by atoms with Gasteiger partial charge in [0.2, 0.25) is 0 Å². The summed E-state index contributed by atoms with van der Waals surface area (Å²) in [7, 11) is 0. The van der Waals surface area contributed by atoms with E-state index in [9.17, 15) is 27.1 Å². The van der Waals surface area contributed by atoms with E-state index < -0.39 is 59.7 Å². The second-order valence-electron chi connectivity index (χ2n) is 7.29. The first-order valence-electron chi connectivity index (χ1n) is 9.46. The number of terminal acetylenes is 1. The highest BCUT2D eigenvalue weighted by molar-refractivity contribution is 5.63. The Morgan fingerprint density at radius 3 is 2.18 bits per heavy atom. The molecule has 1 aliphatic carbocycles. The van der Waals surface area contributed by atoms with Crippen molar-refractivity contribution in [2.45, 2.75) is 30.7 Å². The number of aromatic nitrogens is 1. The highest BCUT2D eigenvalue weighted by Gasteiger charge is 2.60. The SMILES string of the molecule is C#CCC(O)(C1CC=C(F)C=C1F)C(F)(F)c1ccc(-c2ccc(OC(F)(F)F)cc2)cn1. The molecule has 3 nitrogen and oxygen atoms in total. The Balaban J connectivity index is 1.89. The standard InChI is InChI=1S/C23H16F7NO2/c1-2-11-21(32,18-9-6-16(24)12-19(18)25)22(26,27)20-10-5-15(13-31-20)14-3-7-17(8-4-14)33-23(28,29)30/h1,3-8,10,12-13,18,32H,9,11H2. The lowest BCUT2D eigenvalue weighted by Crippen LogP contribution is -2.52. The van der Waals surface area contributed by atoms with Crippen molar-refractivity contribution in [3.05, 3.63) is 72.1 Å². The van der Waals surface area contributed by atoms with Gasteiger partial charge in [0.05, 0.1) is 5.92 Å². The molecule has 2 unspecified atom stereocenters. The molecule has 0 amide bonds. The number of ether oxygens (including phenoxy) is 1. The lowest BCUT2D eigenvalue weighted by Gasteiger charge is -2.40. The molecule has 0 radical (unpaired) electrons. The number of halogens is 7. The molecule has 1 aromatic heterocycles. The van der Waals surface area contributed by atoms with E-state index in [1.807, 2.05) is 5.92 Å². The van der Waals surface area contributed by atoms with Crippen molar-refractivity contribution in [1.29, 1.82) is 0 Å². The predicted octanol–water partition coefficient (Wildman–Crippen LogP) is 6.22. The maximum absolute atomic E-state index is 15.4. The zero-order chi connectivity index (χ0) is 24.4. The van der Waals surface area contributed by atoms with Crippen LogP contribution in [-0.4, -0.2) is 22.1 Å². The monoisotopic (exact) mass is 471 g/mol. The van der Waals surface area contributed by atoms with Crippen molar-refractivity contribution in [2.75, 3.05) is 0 Å². The maximum Gasteiger partial charge on any atom is 0.573 e. The maximum atomic E-state index is 15.4. The molecule has 1 aromatic carbocycles. The zero-order valence-corrected chi connectivity index (χ0v) is 16.7. The van der Waals surface area contributed by atoms with Gasteiger partial charge in [-0.05, 0) is 36.3 Å². The Labute approximate surface area is 184 Å². The van der Waals surface area contributed by atoms with Crippen LogP contribution in [0.25, 0.3) is 11.1 Å². The molecule has 2 aromatic rings. The van der Waals surface area contributed by atoms with E-state index in [2.05, 4.69) is 9.72 Å². The number of nitrogens with zero attached hydrogens (tertiary/aromatic N) is 1. The van der Waals surface area contributed by atoms with Crippen LogP contribution < -0.4 is 4.74 Å². The molecule has 3 rings (SSSR count).